The van der Waals surface area contributed by atoms with Gasteiger partial charge in [0.05, 0.1) is 24.3 Å². The summed E-state index contributed by atoms with van der Waals surface area (Å²) in [6.45, 7) is 8.08. The Hall–Kier alpha value is -3.72. The van der Waals surface area contributed by atoms with Crippen LogP contribution in [0.1, 0.15) is 47.9 Å². The van der Waals surface area contributed by atoms with Crippen LogP contribution in [0.4, 0.5) is 11.4 Å². The van der Waals surface area contributed by atoms with Crippen molar-refractivity contribution in [1.29, 1.82) is 0 Å². The Labute approximate surface area is 210 Å². The number of hydrogen-bond acceptors (Lipinski definition) is 7. The predicted octanol–water partition coefficient (Wildman–Crippen LogP) is 3.10. The molecule has 2 aromatic carbocycles. The van der Waals surface area contributed by atoms with E-state index in [1.807, 2.05) is 19.1 Å². The molecular formula is C27H31N3O6. The highest BCUT2D eigenvalue weighted by Crippen LogP contribution is 2.29. The first-order valence-corrected chi connectivity index (χ1v) is 12.2. The smallest absolute Gasteiger partial charge is 0.330 e. The Morgan fingerprint density at radius 3 is 2.11 bits per heavy atom. The molecule has 0 unspecified atom stereocenters. The number of hydrogen-bond donors (Lipinski definition) is 1. The molecule has 4 rings (SSSR count). The normalized spacial score (nSPS) is 17.9. The number of benzene rings is 2. The third-order valence-corrected chi connectivity index (χ3v) is 6.70. The Morgan fingerprint density at radius 1 is 0.972 bits per heavy atom. The van der Waals surface area contributed by atoms with E-state index in [1.54, 1.807) is 43.3 Å². The highest BCUT2D eigenvalue weighted by molar-refractivity contribution is 6.22. The second kappa shape index (κ2) is 10.9. The summed E-state index contributed by atoms with van der Waals surface area (Å²) in [5.74, 6) is -2.72. The number of nitrogens with zero attached hydrogens (tertiary/aromatic N) is 2. The third-order valence-electron chi connectivity index (χ3n) is 6.70. The molecule has 2 aliphatic heterocycles. The molecule has 9 nitrogen and oxygen atoms in total. The zero-order valence-corrected chi connectivity index (χ0v) is 20.7. The largest absolute Gasteiger partial charge is 0.451 e. The molecule has 190 valence electrons. The quantitative estimate of drug-likeness (QED) is 0.445. The molecule has 2 aromatic rings. The Balaban J connectivity index is 1.41. The van der Waals surface area contributed by atoms with Crippen LogP contribution in [0, 0.1) is 5.92 Å². The van der Waals surface area contributed by atoms with Crippen molar-refractivity contribution in [3.63, 3.8) is 0 Å². The molecule has 1 N–H and O–H groups in total. The number of carbonyl (C=O) groups is 4. The zero-order chi connectivity index (χ0) is 25.8. The van der Waals surface area contributed by atoms with Crippen molar-refractivity contribution in [2.45, 2.75) is 39.3 Å². The molecule has 3 amide bonds. The number of anilines is 2. The van der Waals surface area contributed by atoms with E-state index in [4.69, 9.17) is 9.47 Å². The first-order chi connectivity index (χ1) is 17.3. The maximum atomic E-state index is 13.2. The lowest BCUT2D eigenvalue weighted by molar-refractivity contribution is -0.158. The van der Waals surface area contributed by atoms with Gasteiger partial charge in [0.1, 0.15) is 6.04 Å². The van der Waals surface area contributed by atoms with E-state index in [0.717, 1.165) is 23.7 Å². The highest BCUT2D eigenvalue weighted by atomic mass is 16.5. The summed E-state index contributed by atoms with van der Waals surface area (Å²) in [6, 6.07) is 12.7. The Morgan fingerprint density at radius 2 is 1.56 bits per heavy atom. The van der Waals surface area contributed by atoms with Crippen molar-refractivity contribution in [3.05, 3.63) is 59.7 Å². The lowest BCUT2D eigenvalue weighted by Crippen LogP contribution is -2.50. The molecule has 36 heavy (non-hydrogen) atoms. The number of rotatable bonds is 8. The first-order valence-electron chi connectivity index (χ1n) is 12.2. The van der Waals surface area contributed by atoms with Crippen LogP contribution in [0.2, 0.25) is 0 Å². The maximum absolute atomic E-state index is 13.2. The maximum Gasteiger partial charge on any atom is 0.330 e. The fourth-order valence-corrected chi connectivity index (χ4v) is 4.39. The van der Waals surface area contributed by atoms with Gasteiger partial charge in [-0.05, 0) is 49.2 Å². The van der Waals surface area contributed by atoms with E-state index in [0.29, 0.717) is 25.3 Å². The van der Waals surface area contributed by atoms with Crippen molar-refractivity contribution in [2.75, 3.05) is 36.5 Å². The summed E-state index contributed by atoms with van der Waals surface area (Å²) in [5.41, 5.74) is 2.12. The number of esters is 1. The van der Waals surface area contributed by atoms with E-state index in [-0.39, 0.29) is 17.0 Å². The molecule has 0 aliphatic carbocycles. The van der Waals surface area contributed by atoms with Crippen LogP contribution in [0.5, 0.6) is 0 Å². The van der Waals surface area contributed by atoms with Gasteiger partial charge in [-0.1, -0.05) is 32.4 Å². The van der Waals surface area contributed by atoms with Gasteiger partial charge in [-0.25, -0.2) is 4.79 Å². The molecule has 0 saturated carbocycles. The fourth-order valence-electron chi connectivity index (χ4n) is 4.39. The lowest BCUT2D eigenvalue weighted by atomic mass is 9.97. The molecule has 0 aromatic heterocycles. The zero-order valence-electron chi connectivity index (χ0n) is 20.7. The van der Waals surface area contributed by atoms with Crippen LogP contribution in [0.3, 0.4) is 0 Å². The van der Waals surface area contributed by atoms with Gasteiger partial charge >= 0.3 is 5.97 Å². The molecule has 1 saturated heterocycles. The monoisotopic (exact) mass is 493 g/mol. The first kappa shape index (κ1) is 25.4. The molecule has 2 heterocycles. The van der Waals surface area contributed by atoms with Gasteiger partial charge in [-0.2, -0.15) is 0 Å². The third kappa shape index (κ3) is 5.11. The minimum absolute atomic E-state index is 0.259. The fraction of sp³-hybridized carbons (Fsp3) is 0.407. The molecule has 9 heteroatoms. The summed E-state index contributed by atoms with van der Waals surface area (Å²) in [6.07, 6.45) is -0.596. The number of amides is 3. The number of fused-ring (bicyclic) bond motifs is 1. The summed E-state index contributed by atoms with van der Waals surface area (Å²) >= 11 is 0. The van der Waals surface area contributed by atoms with E-state index in [1.165, 1.54) is 6.92 Å². The van der Waals surface area contributed by atoms with Gasteiger partial charge in [-0.15, -0.1) is 0 Å². The van der Waals surface area contributed by atoms with Gasteiger partial charge < -0.3 is 19.7 Å². The van der Waals surface area contributed by atoms with Crippen LogP contribution >= 0.6 is 0 Å². The number of imide groups is 1. The average Bonchev–Trinajstić information content (AvgIpc) is 3.15. The van der Waals surface area contributed by atoms with Gasteiger partial charge in [-0.3, -0.25) is 19.3 Å². The van der Waals surface area contributed by atoms with Gasteiger partial charge in [0.25, 0.3) is 17.7 Å². The summed E-state index contributed by atoms with van der Waals surface area (Å²) in [5, 5.41) is 2.75. The van der Waals surface area contributed by atoms with E-state index in [9.17, 15) is 19.2 Å². The van der Waals surface area contributed by atoms with Gasteiger partial charge in [0.2, 0.25) is 0 Å². The minimum atomic E-state index is -1.13. The Bertz CT molecular complexity index is 1110. The van der Waals surface area contributed by atoms with Crippen molar-refractivity contribution in [2.24, 2.45) is 5.92 Å². The number of nitrogens with one attached hydrogen (secondary N) is 1. The van der Waals surface area contributed by atoms with Crippen LogP contribution in [0.15, 0.2) is 48.5 Å². The standard InChI is InChI=1S/C27H31N3O6/c1-4-17(2)23(30-25(32)21-7-5-6-8-22(21)26(30)33)27(34)36-18(3)24(31)28-19-9-11-20(12-10-19)29-13-15-35-16-14-29/h5-12,17-18,23H,4,13-16H2,1-3H3,(H,28,31)/t17-,18-,23+/m0/s1. The van der Waals surface area contributed by atoms with Crippen LogP contribution in [0.25, 0.3) is 0 Å². The van der Waals surface area contributed by atoms with Crippen LogP contribution < -0.4 is 10.2 Å². The van der Waals surface area contributed by atoms with Gasteiger partial charge in [0, 0.05) is 24.5 Å². The van der Waals surface area contributed by atoms with E-state index >= 15 is 0 Å². The average molecular weight is 494 g/mol. The molecule has 2 aliphatic rings. The summed E-state index contributed by atoms with van der Waals surface area (Å²) < 4.78 is 10.9. The van der Waals surface area contributed by atoms with Crippen LogP contribution in [-0.2, 0) is 19.1 Å². The highest BCUT2D eigenvalue weighted by Gasteiger charge is 2.45. The molecule has 0 bridgehead atoms. The van der Waals surface area contributed by atoms with E-state index in [2.05, 4.69) is 10.2 Å². The predicted molar refractivity (Wildman–Crippen MR) is 134 cm³/mol. The molecule has 1 fully saturated rings. The Kier molecular flexibility index (Phi) is 7.69. The second-order valence-corrected chi connectivity index (χ2v) is 9.07. The summed E-state index contributed by atoms with van der Waals surface area (Å²) in [7, 11) is 0. The minimum Gasteiger partial charge on any atom is -0.451 e. The van der Waals surface area contributed by atoms with Crippen LogP contribution in [-0.4, -0.2) is 67.0 Å². The molecule has 0 radical (unpaired) electrons. The van der Waals surface area contributed by atoms with E-state index < -0.39 is 35.8 Å². The SMILES string of the molecule is CC[C@H](C)[C@H](C(=O)O[C@@H](C)C(=O)Nc1ccc(N2CCOCC2)cc1)N1C(=O)c2ccccc2C1=O. The molecule has 3 atom stereocenters. The second-order valence-electron chi connectivity index (χ2n) is 9.07. The lowest BCUT2D eigenvalue weighted by Gasteiger charge is -2.30. The van der Waals surface area contributed by atoms with Crippen molar-refractivity contribution in [3.8, 4) is 0 Å². The summed E-state index contributed by atoms with van der Waals surface area (Å²) in [4.78, 5) is 55.1. The van der Waals surface area contributed by atoms with Gasteiger partial charge in [0.15, 0.2) is 6.10 Å². The van der Waals surface area contributed by atoms with Crippen molar-refractivity contribution < 1.29 is 28.7 Å². The topological polar surface area (TPSA) is 105 Å². The number of morpholine rings is 1. The number of carbonyl (C=O) groups excluding carboxylic acids is 4. The van der Waals surface area contributed by atoms with Crippen molar-refractivity contribution in [1.82, 2.24) is 4.90 Å². The molecular weight excluding hydrogens is 462 g/mol. The molecule has 0 spiro atoms. The number of ether oxygens (including phenoxy) is 2. The van der Waals surface area contributed by atoms with Crippen molar-refractivity contribution >= 4 is 35.1 Å².